The molecule has 3 nitrogen and oxygen atoms in total. The van der Waals surface area contributed by atoms with Crippen molar-refractivity contribution in [1.29, 1.82) is 0 Å². The minimum Gasteiger partial charge on any atom is -0.444 e. The highest BCUT2D eigenvalue weighted by molar-refractivity contribution is 5.68. The molecule has 0 aromatic heterocycles. The number of likely N-dealkylation sites (tertiary alicyclic amines) is 1. The summed E-state index contributed by atoms with van der Waals surface area (Å²) >= 11 is 0. The van der Waals surface area contributed by atoms with Gasteiger partial charge in [0.2, 0.25) is 0 Å². The van der Waals surface area contributed by atoms with Crippen LogP contribution < -0.4 is 0 Å². The first-order valence-corrected chi connectivity index (χ1v) is 7.37. The molecule has 0 bridgehead atoms. The number of nitrogens with zero attached hydrogens (tertiary/aromatic N) is 1. The van der Waals surface area contributed by atoms with Crippen molar-refractivity contribution in [2.75, 3.05) is 13.1 Å². The van der Waals surface area contributed by atoms with Crippen LogP contribution in [0.1, 0.15) is 39.2 Å². The summed E-state index contributed by atoms with van der Waals surface area (Å²) in [6, 6.07) is 3.55. The van der Waals surface area contributed by atoms with E-state index in [0.717, 1.165) is 11.6 Å². The standard InChI is InChI=1S/C17H21F2NO2/c1-17(2,3)22-16(21)20-8-6-12(7-9-20)10-13-4-5-14(18)11-15(13)19/h4-5,10-11H,6-9H2,1-3H3. The Morgan fingerprint density at radius 1 is 1.23 bits per heavy atom. The molecule has 22 heavy (non-hydrogen) atoms. The third-order valence-electron chi connectivity index (χ3n) is 3.38. The van der Waals surface area contributed by atoms with Crippen molar-refractivity contribution in [3.05, 3.63) is 41.0 Å². The first kappa shape index (κ1) is 16.5. The molecule has 1 aliphatic rings. The van der Waals surface area contributed by atoms with Gasteiger partial charge < -0.3 is 9.64 Å². The Morgan fingerprint density at radius 2 is 1.86 bits per heavy atom. The van der Waals surface area contributed by atoms with Gasteiger partial charge in [0.15, 0.2) is 0 Å². The number of piperidine rings is 1. The number of hydrogen-bond acceptors (Lipinski definition) is 2. The Kier molecular flexibility index (Phi) is 4.84. The summed E-state index contributed by atoms with van der Waals surface area (Å²) in [5, 5.41) is 0. The lowest BCUT2D eigenvalue weighted by Gasteiger charge is -2.31. The van der Waals surface area contributed by atoms with E-state index in [1.165, 1.54) is 12.1 Å². The first-order chi connectivity index (χ1) is 10.2. The molecule has 0 N–H and O–H groups in total. The molecule has 0 radical (unpaired) electrons. The monoisotopic (exact) mass is 309 g/mol. The van der Waals surface area contributed by atoms with Crippen LogP contribution in [0.5, 0.6) is 0 Å². The fourth-order valence-electron chi connectivity index (χ4n) is 2.29. The van der Waals surface area contributed by atoms with E-state index in [0.29, 0.717) is 31.5 Å². The van der Waals surface area contributed by atoms with Gasteiger partial charge >= 0.3 is 6.09 Å². The predicted molar refractivity (Wildman–Crippen MR) is 81.4 cm³/mol. The zero-order valence-corrected chi connectivity index (χ0v) is 13.2. The first-order valence-electron chi connectivity index (χ1n) is 7.37. The molecule has 120 valence electrons. The number of rotatable bonds is 1. The second-order valence-electron chi connectivity index (χ2n) is 6.44. The maximum atomic E-state index is 13.6. The quantitative estimate of drug-likeness (QED) is 0.770. The molecule has 2 rings (SSSR count). The Balaban J connectivity index is 1.97. The van der Waals surface area contributed by atoms with Gasteiger partial charge in [0.05, 0.1) is 0 Å². The molecule has 1 fully saturated rings. The highest BCUT2D eigenvalue weighted by Crippen LogP contribution is 2.22. The average Bonchev–Trinajstić information content (AvgIpc) is 2.41. The maximum absolute atomic E-state index is 13.6. The summed E-state index contributed by atoms with van der Waals surface area (Å²) in [7, 11) is 0. The average molecular weight is 309 g/mol. The lowest BCUT2D eigenvalue weighted by molar-refractivity contribution is 0.0237. The SMILES string of the molecule is CC(C)(C)OC(=O)N1CCC(=Cc2ccc(F)cc2F)CC1. The van der Waals surface area contributed by atoms with Crippen molar-refractivity contribution in [3.63, 3.8) is 0 Å². The van der Waals surface area contributed by atoms with Crippen LogP contribution in [0, 0.1) is 11.6 Å². The van der Waals surface area contributed by atoms with Crippen molar-refractivity contribution >= 4 is 12.2 Å². The van der Waals surface area contributed by atoms with Gasteiger partial charge in [-0.3, -0.25) is 0 Å². The Morgan fingerprint density at radius 3 is 2.41 bits per heavy atom. The topological polar surface area (TPSA) is 29.5 Å². The fourth-order valence-corrected chi connectivity index (χ4v) is 2.29. The van der Waals surface area contributed by atoms with E-state index >= 15 is 0 Å². The van der Waals surface area contributed by atoms with Crippen LogP contribution in [-0.4, -0.2) is 29.7 Å². The van der Waals surface area contributed by atoms with Crippen LogP contribution in [-0.2, 0) is 4.74 Å². The molecule has 0 atom stereocenters. The van der Waals surface area contributed by atoms with E-state index in [-0.39, 0.29) is 6.09 Å². The van der Waals surface area contributed by atoms with Crippen LogP contribution in [0.3, 0.4) is 0 Å². The molecular weight excluding hydrogens is 288 g/mol. The lowest BCUT2D eigenvalue weighted by atomic mass is 10.0. The largest absolute Gasteiger partial charge is 0.444 e. The van der Waals surface area contributed by atoms with Gasteiger partial charge in [0.1, 0.15) is 17.2 Å². The third-order valence-corrected chi connectivity index (χ3v) is 3.38. The second kappa shape index (κ2) is 6.46. The van der Waals surface area contributed by atoms with E-state index in [1.807, 2.05) is 20.8 Å². The third kappa shape index (κ3) is 4.55. The van der Waals surface area contributed by atoms with E-state index in [9.17, 15) is 13.6 Å². The number of ether oxygens (including phenoxy) is 1. The summed E-state index contributed by atoms with van der Waals surface area (Å²) in [5.74, 6) is -1.15. The Bertz CT molecular complexity index is 581. The minimum atomic E-state index is -0.584. The summed E-state index contributed by atoms with van der Waals surface area (Å²) in [6.45, 7) is 6.58. The van der Waals surface area contributed by atoms with Crippen molar-refractivity contribution in [3.8, 4) is 0 Å². The summed E-state index contributed by atoms with van der Waals surface area (Å²) < 4.78 is 31.8. The highest BCUT2D eigenvalue weighted by Gasteiger charge is 2.24. The Labute approximate surface area is 129 Å². The molecule has 0 aliphatic carbocycles. The van der Waals surface area contributed by atoms with Crippen molar-refractivity contribution in [2.24, 2.45) is 0 Å². The van der Waals surface area contributed by atoms with Gasteiger partial charge in [-0.1, -0.05) is 11.6 Å². The number of carbonyl (C=O) groups is 1. The number of hydrogen-bond donors (Lipinski definition) is 0. The van der Waals surface area contributed by atoms with E-state index in [2.05, 4.69) is 0 Å². The van der Waals surface area contributed by atoms with Crippen molar-refractivity contribution < 1.29 is 18.3 Å². The van der Waals surface area contributed by atoms with Gasteiger partial charge in [-0.2, -0.15) is 0 Å². The normalized spacial score (nSPS) is 15.7. The predicted octanol–water partition coefficient (Wildman–Crippen LogP) is 4.38. The molecule has 0 unspecified atom stereocenters. The van der Waals surface area contributed by atoms with Crippen LogP contribution in [0.15, 0.2) is 23.8 Å². The molecule has 0 saturated carbocycles. The highest BCUT2D eigenvalue weighted by atomic mass is 19.1. The lowest BCUT2D eigenvalue weighted by Crippen LogP contribution is -2.40. The van der Waals surface area contributed by atoms with Gasteiger partial charge in [0, 0.05) is 24.7 Å². The summed E-state index contributed by atoms with van der Waals surface area (Å²) in [6.07, 6.45) is 2.74. The van der Waals surface area contributed by atoms with E-state index < -0.39 is 17.2 Å². The number of carbonyl (C=O) groups excluding carboxylic acids is 1. The summed E-state index contributed by atoms with van der Waals surface area (Å²) in [5.41, 5.74) is 0.914. The summed E-state index contributed by atoms with van der Waals surface area (Å²) in [4.78, 5) is 13.6. The van der Waals surface area contributed by atoms with Crippen LogP contribution in [0.4, 0.5) is 13.6 Å². The maximum Gasteiger partial charge on any atom is 0.410 e. The van der Waals surface area contributed by atoms with Gasteiger partial charge in [-0.15, -0.1) is 0 Å². The molecule has 1 heterocycles. The van der Waals surface area contributed by atoms with Crippen LogP contribution >= 0.6 is 0 Å². The fraction of sp³-hybridized carbons (Fsp3) is 0.471. The molecule has 5 heteroatoms. The molecule has 0 spiro atoms. The molecule has 1 saturated heterocycles. The van der Waals surface area contributed by atoms with Crippen molar-refractivity contribution in [2.45, 2.75) is 39.2 Å². The molecule has 1 aliphatic heterocycles. The molecule has 1 aromatic rings. The van der Waals surface area contributed by atoms with E-state index in [1.54, 1.807) is 11.0 Å². The van der Waals surface area contributed by atoms with Gasteiger partial charge in [-0.25, -0.2) is 13.6 Å². The zero-order chi connectivity index (χ0) is 16.3. The molecule has 1 amide bonds. The van der Waals surface area contributed by atoms with Gasteiger partial charge in [-0.05, 0) is 45.7 Å². The van der Waals surface area contributed by atoms with Crippen LogP contribution in [0.2, 0.25) is 0 Å². The van der Waals surface area contributed by atoms with E-state index in [4.69, 9.17) is 4.74 Å². The molecule has 1 aromatic carbocycles. The smallest absolute Gasteiger partial charge is 0.410 e. The second-order valence-corrected chi connectivity index (χ2v) is 6.44. The zero-order valence-electron chi connectivity index (χ0n) is 13.2. The van der Waals surface area contributed by atoms with Gasteiger partial charge in [0.25, 0.3) is 0 Å². The number of benzene rings is 1. The molecular formula is C17H21F2NO2. The van der Waals surface area contributed by atoms with Crippen molar-refractivity contribution in [1.82, 2.24) is 4.90 Å². The number of amides is 1. The number of halogens is 2. The van der Waals surface area contributed by atoms with Crippen LogP contribution in [0.25, 0.3) is 6.08 Å². The Hall–Kier alpha value is -1.91. The minimum absolute atomic E-state index is 0.320.